The summed E-state index contributed by atoms with van der Waals surface area (Å²) in [5.41, 5.74) is 16.0. The molecule has 0 aliphatic carbocycles. The fourth-order valence-corrected chi connectivity index (χ4v) is 0.792. The minimum Gasteiger partial charge on any atom is -0.320 e. The van der Waals surface area contributed by atoms with Crippen LogP contribution in [0.1, 0.15) is 13.8 Å². The van der Waals surface area contributed by atoms with Crippen LogP contribution in [-0.4, -0.2) is 24.7 Å². The molecule has 0 amide bonds. The molecular formula is C7H18N4O. The summed E-state index contributed by atoms with van der Waals surface area (Å²) in [7, 11) is 0. The Morgan fingerprint density at radius 2 is 1.83 bits per heavy atom. The van der Waals surface area contributed by atoms with Gasteiger partial charge in [-0.05, 0) is 0 Å². The highest BCUT2D eigenvalue weighted by atomic mass is 16.1. The molecule has 0 heterocycles. The van der Waals surface area contributed by atoms with Crippen molar-refractivity contribution in [2.75, 3.05) is 6.54 Å². The van der Waals surface area contributed by atoms with Gasteiger partial charge in [0.1, 0.15) is 6.29 Å². The maximum absolute atomic E-state index is 11.2. The first-order valence-corrected chi connectivity index (χ1v) is 3.99. The van der Waals surface area contributed by atoms with Gasteiger partial charge in [-0.2, -0.15) is 0 Å². The van der Waals surface area contributed by atoms with Gasteiger partial charge in [-0.1, -0.05) is 13.8 Å². The third-order valence-corrected chi connectivity index (χ3v) is 1.51. The van der Waals surface area contributed by atoms with E-state index in [0.717, 1.165) is 0 Å². The minimum atomic E-state index is -0.615. The normalized spacial score (nSPS) is 13.9. The van der Waals surface area contributed by atoms with E-state index < -0.39 is 12.3 Å². The van der Waals surface area contributed by atoms with Crippen LogP contribution in [0.3, 0.4) is 0 Å². The van der Waals surface area contributed by atoms with Crippen LogP contribution >= 0.6 is 0 Å². The van der Waals surface area contributed by atoms with Crippen molar-refractivity contribution >= 4 is 5.78 Å². The second kappa shape index (κ2) is 5.21. The Bertz CT molecular complexity index is 146. The van der Waals surface area contributed by atoms with Crippen molar-refractivity contribution in [3.05, 3.63) is 0 Å². The van der Waals surface area contributed by atoms with Crippen molar-refractivity contribution in [3.63, 3.8) is 0 Å². The molecule has 0 aromatic carbocycles. The quantitative estimate of drug-likeness (QED) is 0.373. The molecule has 0 bridgehead atoms. The predicted molar refractivity (Wildman–Crippen MR) is 48.0 cm³/mol. The molecule has 0 aromatic rings. The summed E-state index contributed by atoms with van der Waals surface area (Å²) in [6.07, 6.45) is -0.615. The highest BCUT2D eigenvalue weighted by molar-refractivity contribution is 5.85. The Labute approximate surface area is 72.7 Å². The first-order chi connectivity index (χ1) is 5.45. The zero-order chi connectivity index (χ0) is 9.72. The summed E-state index contributed by atoms with van der Waals surface area (Å²) in [5.74, 6) is -0.0288. The molecule has 0 unspecified atom stereocenters. The molecule has 0 rings (SSSR count). The smallest absolute Gasteiger partial charge is 0.153 e. The largest absolute Gasteiger partial charge is 0.320 e. The van der Waals surface area contributed by atoms with Gasteiger partial charge in [-0.15, -0.1) is 0 Å². The van der Waals surface area contributed by atoms with E-state index in [9.17, 15) is 4.79 Å². The zero-order valence-corrected chi connectivity index (χ0v) is 7.58. The van der Waals surface area contributed by atoms with Crippen molar-refractivity contribution in [1.29, 1.82) is 0 Å². The fraction of sp³-hybridized carbons (Fsp3) is 0.857. The molecule has 0 spiro atoms. The summed E-state index contributed by atoms with van der Waals surface area (Å²) >= 11 is 0. The Balaban J connectivity index is 3.72. The maximum Gasteiger partial charge on any atom is 0.153 e. The summed E-state index contributed by atoms with van der Waals surface area (Å²) in [4.78, 5) is 11.2. The summed E-state index contributed by atoms with van der Waals surface area (Å²) in [6.45, 7) is 3.95. The molecule has 0 saturated heterocycles. The zero-order valence-electron chi connectivity index (χ0n) is 7.58. The highest BCUT2D eigenvalue weighted by Crippen LogP contribution is 1.96. The molecular weight excluding hydrogens is 156 g/mol. The van der Waals surface area contributed by atoms with Crippen LogP contribution in [0.4, 0.5) is 0 Å². The van der Waals surface area contributed by atoms with Crippen molar-refractivity contribution < 1.29 is 4.79 Å². The van der Waals surface area contributed by atoms with Crippen molar-refractivity contribution in [1.82, 2.24) is 5.32 Å². The minimum absolute atomic E-state index is 0.0168. The molecule has 0 aliphatic heterocycles. The van der Waals surface area contributed by atoms with E-state index in [-0.39, 0.29) is 11.7 Å². The molecule has 7 N–H and O–H groups in total. The lowest BCUT2D eigenvalue weighted by Crippen LogP contribution is -2.52. The third-order valence-electron chi connectivity index (χ3n) is 1.51. The lowest BCUT2D eigenvalue weighted by molar-refractivity contribution is -0.123. The first-order valence-electron chi connectivity index (χ1n) is 3.99. The number of ketones is 1. The second-order valence-electron chi connectivity index (χ2n) is 3.10. The number of nitrogens with one attached hydrogen (secondary N) is 1. The van der Waals surface area contributed by atoms with Crippen LogP contribution in [0, 0.1) is 5.92 Å². The molecule has 12 heavy (non-hydrogen) atoms. The van der Waals surface area contributed by atoms with Crippen LogP contribution in [0.25, 0.3) is 0 Å². The van der Waals surface area contributed by atoms with Gasteiger partial charge < -0.3 is 17.2 Å². The van der Waals surface area contributed by atoms with Crippen LogP contribution in [0.2, 0.25) is 0 Å². The Morgan fingerprint density at radius 1 is 1.33 bits per heavy atom. The molecule has 5 nitrogen and oxygen atoms in total. The molecule has 0 aliphatic rings. The Morgan fingerprint density at radius 3 is 2.17 bits per heavy atom. The van der Waals surface area contributed by atoms with Gasteiger partial charge in [-0.3, -0.25) is 10.1 Å². The first kappa shape index (κ1) is 11.5. The summed E-state index contributed by atoms with van der Waals surface area (Å²) < 4.78 is 0. The van der Waals surface area contributed by atoms with E-state index in [1.165, 1.54) is 0 Å². The SMILES string of the molecule is CC(C)C(=O)[C@@H](N)CNC(N)N. The third kappa shape index (κ3) is 4.40. The fourth-order valence-electron chi connectivity index (χ4n) is 0.792. The van der Waals surface area contributed by atoms with Gasteiger partial charge in [0.05, 0.1) is 6.04 Å². The van der Waals surface area contributed by atoms with E-state index in [2.05, 4.69) is 5.32 Å². The average molecular weight is 174 g/mol. The summed E-state index contributed by atoms with van der Waals surface area (Å²) in [5, 5.41) is 2.69. The Hall–Kier alpha value is -0.490. The van der Waals surface area contributed by atoms with Gasteiger partial charge >= 0.3 is 0 Å². The van der Waals surface area contributed by atoms with Gasteiger partial charge in [-0.25, -0.2) is 0 Å². The topological polar surface area (TPSA) is 107 Å². The number of hydrogen-bond acceptors (Lipinski definition) is 5. The number of hydrogen-bond donors (Lipinski definition) is 4. The van der Waals surface area contributed by atoms with Gasteiger partial charge in [0.25, 0.3) is 0 Å². The molecule has 0 saturated carbocycles. The molecule has 72 valence electrons. The monoisotopic (exact) mass is 174 g/mol. The van der Waals surface area contributed by atoms with Crippen LogP contribution in [-0.2, 0) is 4.79 Å². The van der Waals surface area contributed by atoms with Crippen LogP contribution in [0.15, 0.2) is 0 Å². The average Bonchev–Trinajstić information content (AvgIpc) is 1.98. The number of rotatable bonds is 5. The lowest BCUT2D eigenvalue weighted by Gasteiger charge is -2.15. The van der Waals surface area contributed by atoms with Crippen LogP contribution < -0.4 is 22.5 Å². The molecule has 0 aromatic heterocycles. The summed E-state index contributed by atoms with van der Waals surface area (Å²) in [6, 6.07) is -0.514. The van der Waals surface area contributed by atoms with E-state index >= 15 is 0 Å². The van der Waals surface area contributed by atoms with E-state index in [1.807, 2.05) is 13.8 Å². The van der Waals surface area contributed by atoms with E-state index in [1.54, 1.807) is 0 Å². The van der Waals surface area contributed by atoms with Gasteiger partial charge in [0.2, 0.25) is 0 Å². The standard InChI is InChI=1S/C7H18N4O/c1-4(2)6(12)5(8)3-11-7(9)10/h4-5,7,11H,3,8-10H2,1-2H3/t5-/m0/s1. The number of carbonyl (C=O) groups excluding carboxylic acids is 1. The number of Topliss-reactive ketones (excluding diaryl/α,β-unsaturated/α-hetero) is 1. The van der Waals surface area contributed by atoms with E-state index in [0.29, 0.717) is 6.54 Å². The molecule has 0 radical (unpaired) electrons. The highest BCUT2D eigenvalue weighted by Gasteiger charge is 2.16. The predicted octanol–water partition coefficient (Wildman–Crippen LogP) is -1.67. The van der Waals surface area contributed by atoms with Gasteiger partial charge in [0.15, 0.2) is 5.78 Å². The second-order valence-corrected chi connectivity index (χ2v) is 3.10. The molecule has 5 heteroatoms. The number of nitrogens with two attached hydrogens (primary N) is 3. The van der Waals surface area contributed by atoms with E-state index in [4.69, 9.17) is 17.2 Å². The maximum atomic E-state index is 11.2. The molecule has 0 fully saturated rings. The van der Waals surface area contributed by atoms with Crippen molar-refractivity contribution in [3.8, 4) is 0 Å². The van der Waals surface area contributed by atoms with Crippen LogP contribution in [0.5, 0.6) is 0 Å². The van der Waals surface area contributed by atoms with Crippen molar-refractivity contribution in [2.24, 2.45) is 23.1 Å². The molecule has 1 atom stereocenters. The number of carbonyl (C=O) groups is 1. The van der Waals surface area contributed by atoms with Gasteiger partial charge in [0, 0.05) is 12.5 Å². The Kier molecular flexibility index (Phi) is 5.00. The van der Waals surface area contributed by atoms with Crippen molar-refractivity contribution in [2.45, 2.75) is 26.2 Å². The lowest BCUT2D eigenvalue weighted by atomic mass is 10.0.